The normalized spacial score (nSPS) is 10.6. The van der Waals surface area contributed by atoms with E-state index in [0.717, 1.165) is 28.2 Å². The number of phenolic OH excluding ortho intramolecular Hbond substituents is 1. The third kappa shape index (κ3) is 2.52. The first kappa shape index (κ1) is 15.7. The van der Waals surface area contributed by atoms with Crippen LogP contribution in [0.5, 0.6) is 5.75 Å². The van der Waals surface area contributed by atoms with Crippen LogP contribution in [-0.4, -0.2) is 19.9 Å². The smallest absolute Gasteiger partial charge is 0.172 e. The predicted molar refractivity (Wildman–Crippen MR) is 98.1 cm³/mol. The van der Waals surface area contributed by atoms with Gasteiger partial charge in [0.15, 0.2) is 5.82 Å². The summed E-state index contributed by atoms with van der Waals surface area (Å²) in [5, 5.41) is 18.8. The molecule has 1 heterocycles. The zero-order chi connectivity index (χ0) is 17.3. The Morgan fingerprint density at radius 3 is 2.54 bits per heavy atom. The molecule has 0 unspecified atom stereocenters. The molecule has 4 heteroatoms. The molecule has 3 rings (SSSR count). The lowest BCUT2D eigenvalue weighted by atomic mass is 10.0. The quantitative estimate of drug-likeness (QED) is 0.768. The molecule has 24 heavy (non-hydrogen) atoms. The van der Waals surface area contributed by atoms with E-state index in [1.165, 1.54) is 0 Å². The zero-order valence-electron chi connectivity index (χ0n) is 13.8. The molecular formula is C20H19N3O. The van der Waals surface area contributed by atoms with Crippen molar-refractivity contribution in [3.8, 4) is 22.8 Å². The number of nitrogens with zero attached hydrogens (tertiary/aromatic N) is 3. The average molecular weight is 317 g/mol. The molecular weight excluding hydrogens is 298 g/mol. The fraction of sp³-hybridized carbons (Fsp3) is 0.100. The number of phenols is 1. The van der Waals surface area contributed by atoms with Crippen LogP contribution in [0.2, 0.25) is 0 Å². The lowest BCUT2D eigenvalue weighted by Gasteiger charge is -2.14. The molecule has 3 aromatic rings. The van der Waals surface area contributed by atoms with Gasteiger partial charge in [0.1, 0.15) is 11.6 Å². The number of aromatic hydroxyl groups is 1. The van der Waals surface area contributed by atoms with E-state index in [1.807, 2.05) is 48.7 Å². The van der Waals surface area contributed by atoms with Crippen molar-refractivity contribution in [1.82, 2.24) is 14.8 Å². The first-order valence-corrected chi connectivity index (χ1v) is 7.67. The number of rotatable bonds is 4. The standard InChI is InChI=1S/C20H19N3O/c1-5-15-8-7-9-18(16(15)6-2)23-14(4)21-22-20(23)17-12-13(3)10-11-19(17)24/h5-12,24H,1-2H2,3-4H3. The van der Waals surface area contributed by atoms with Gasteiger partial charge in [-0.2, -0.15) is 0 Å². The van der Waals surface area contributed by atoms with Crippen LogP contribution in [0.3, 0.4) is 0 Å². The molecule has 1 N–H and O–H groups in total. The van der Waals surface area contributed by atoms with E-state index in [2.05, 4.69) is 23.4 Å². The molecule has 0 aliphatic carbocycles. The van der Waals surface area contributed by atoms with E-state index in [9.17, 15) is 5.11 Å². The predicted octanol–water partition coefficient (Wildman–Crippen LogP) is 4.54. The summed E-state index contributed by atoms with van der Waals surface area (Å²) in [6.07, 6.45) is 3.59. The molecule has 0 aliphatic heterocycles. The van der Waals surface area contributed by atoms with Crippen molar-refractivity contribution in [2.45, 2.75) is 13.8 Å². The third-order valence-corrected chi connectivity index (χ3v) is 4.00. The Bertz CT molecular complexity index is 938. The Morgan fingerprint density at radius 1 is 1.04 bits per heavy atom. The summed E-state index contributed by atoms with van der Waals surface area (Å²) in [5.74, 6) is 1.50. The van der Waals surface area contributed by atoms with Crippen molar-refractivity contribution in [2.75, 3.05) is 0 Å². The molecule has 0 bridgehead atoms. The number of hydrogen-bond acceptors (Lipinski definition) is 3. The van der Waals surface area contributed by atoms with Crippen LogP contribution in [0.1, 0.15) is 22.5 Å². The second kappa shape index (κ2) is 6.16. The molecule has 120 valence electrons. The summed E-state index contributed by atoms with van der Waals surface area (Å²) < 4.78 is 1.93. The highest BCUT2D eigenvalue weighted by Gasteiger charge is 2.18. The number of aryl methyl sites for hydroxylation is 2. The Balaban J connectivity index is 2.32. The van der Waals surface area contributed by atoms with Gasteiger partial charge in [-0.1, -0.05) is 49.1 Å². The average Bonchev–Trinajstić information content (AvgIpc) is 2.97. The first-order valence-electron chi connectivity index (χ1n) is 7.67. The van der Waals surface area contributed by atoms with Gasteiger partial charge in [-0.05, 0) is 37.6 Å². The van der Waals surface area contributed by atoms with Gasteiger partial charge in [-0.3, -0.25) is 4.57 Å². The van der Waals surface area contributed by atoms with Crippen LogP contribution in [-0.2, 0) is 0 Å². The molecule has 1 aromatic heterocycles. The molecule has 0 atom stereocenters. The summed E-state index contributed by atoms with van der Waals surface area (Å²) >= 11 is 0. The minimum absolute atomic E-state index is 0.175. The zero-order valence-corrected chi connectivity index (χ0v) is 13.8. The van der Waals surface area contributed by atoms with E-state index in [4.69, 9.17) is 0 Å². The van der Waals surface area contributed by atoms with Crippen molar-refractivity contribution >= 4 is 12.2 Å². The summed E-state index contributed by atoms with van der Waals surface area (Å²) in [6.45, 7) is 11.6. The van der Waals surface area contributed by atoms with Crippen LogP contribution in [0.4, 0.5) is 0 Å². The Labute approximate surface area is 141 Å². The second-order valence-electron chi connectivity index (χ2n) is 5.62. The number of hydrogen-bond donors (Lipinski definition) is 1. The Hall–Kier alpha value is -3.14. The maximum absolute atomic E-state index is 10.3. The van der Waals surface area contributed by atoms with Crippen molar-refractivity contribution < 1.29 is 5.11 Å². The number of aromatic nitrogens is 3. The van der Waals surface area contributed by atoms with Gasteiger partial charge in [0.25, 0.3) is 0 Å². The van der Waals surface area contributed by atoms with Gasteiger partial charge in [0.2, 0.25) is 0 Å². The monoisotopic (exact) mass is 317 g/mol. The molecule has 0 radical (unpaired) electrons. The van der Waals surface area contributed by atoms with Gasteiger partial charge in [0, 0.05) is 5.56 Å². The molecule has 0 fully saturated rings. The molecule has 0 spiro atoms. The lowest BCUT2D eigenvalue weighted by molar-refractivity contribution is 0.476. The van der Waals surface area contributed by atoms with Crippen LogP contribution in [0, 0.1) is 13.8 Å². The second-order valence-corrected chi connectivity index (χ2v) is 5.62. The van der Waals surface area contributed by atoms with E-state index in [0.29, 0.717) is 11.4 Å². The molecule has 0 amide bonds. The lowest BCUT2D eigenvalue weighted by Crippen LogP contribution is -2.03. The minimum atomic E-state index is 0.175. The summed E-state index contributed by atoms with van der Waals surface area (Å²) in [4.78, 5) is 0. The fourth-order valence-corrected chi connectivity index (χ4v) is 2.82. The largest absolute Gasteiger partial charge is 0.507 e. The van der Waals surface area contributed by atoms with Crippen molar-refractivity contribution in [1.29, 1.82) is 0 Å². The van der Waals surface area contributed by atoms with Crippen LogP contribution < -0.4 is 0 Å². The highest BCUT2D eigenvalue weighted by Crippen LogP contribution is 2.32. The topological polar surface area (TPSA) is 50.9 Å². The van der Waals surface area contributed by atoms with Crippen molar-refractivity contribution in [3.05, 3.63) is 72.1 Å². The maximum atomic E-state index is 10.3. The van der Waals surface area contributed by atoms with E-state index in [-0.39, 0.29) is 5.75 Å². The van der Waals surface area contributed by atoms with E-state index >= 15 is 0 Å². The number of benzene rings is 2. The molecule has 2 aromatic carbocycles. The third-order valence-electron chi connectivity index (χ3n) is 4.00. The van der Waals surface area contributed by atoms with Gasteiger partial charge in [-0.15, -0.1) is 10.2 Å². The van der Waals surface area contributed by atoms with Crippen LogP contribution in [0.15, 0.2) is 49.6 Å². The Morgan fingerprint density at radius 2 is 1.83 bits per heavy atom. The minimum Gasteiger partial charge on any atom is -0.507 e. The fourth-order valence-electron chi connectivity index (χ4n) is 2.82. The molecule has 0 saturated heterocycles. The van der Waals surface area contributed by atoms with Gasteiger partial charge in [0.05, 0.1) is 11.3 Å². The van der Waals surface area contributed by atoms with E-state index in [1.54, 1.807) is 18.2 Å². The summed E-state index contributed by atoms with van der Waals surface area (Å²) in [6, 6.07) is 11.4. The molecule has 0 aliphatic rings. The van der Waals surface area contributed by atoms with Gasteiger partial charge in [-0.25, -0.2) is 0 Å². The van der Waals surface area contributed by atoms with Crippen molar-refractivity contribution in [3.63, 3.8) is 0 Å². The van der Waals surface area contributed by atoms with E-state index < -0.39 is 0 Å². The summed E-state index contributed by atoms with van der Waals surface area (Å²) in [5.41, 5.74) is 4.52. The summed E-state index contributed by atoms with van der Waals surface area (Å²) in [7, 11) is 0. The highest BCUT2D eigenvalue weighted by molar-refractivity contribution is 5.74. The molecule has 0 saturated carbocycles. The first-order chi connectivity index (χ1) is 11.6. The van der Waals surface area contributed by atoms with Gasteiger partial charge < -0.3 is 5.11 Å². The highest BCUT2D eigenvalue weighted by atomic mass is 16.3. The Kier molecular flexibility index (Phi) is 4.04. The van der Waals surface area contributed by atoms with Crippen LogP contribution >= 0.6 is 0 Å². The van der Waals surface area contributed by atoms with Crippen molar-refractivity contribution in [2.24, 2.45) is 0 Å². The molecule has 4 nitrogen and oxygen atoms in total. The van der Waals surface area contributed by atoms with Gasteiger partial charge >= 0.3 is 0 Å². The van der Waals surface area contributed by atoms with Crippen LogP contribution in [0.25, 0.3) is 29.2 Å². The SMILES string of the molecule is C=Cc1cccc(-n2c(C)nnc2-c2cc(C)ccc2O)c1C=C. The maximum Gasteiger partial charge on any atom is 0.172 e.